The highest BCUT2D eigenvalue weighted by atomic mass is 16.5. The molecule has 6 heteroatoms. The van der Waals surface area contributed by atoms with Crippen LogP contribution < -0.4 is 5.32 Å². The molecule has 0 saturated carbocycles. The number of carbonyl (C=O) groups is 2. The van der Waals surface area contributed by atoms with Gasteiger partial charge in [0.25, 0.3) is 0 Å². The number of phenolic OH excluding ortho intramolecular Hbond substituents is 1. The van der Waals surface area contributed by atoms with E-state index in [1.165, 1.54) is 12.1 Å². The Morgan fingerprint density at radius 1 is 1.23 bits per heavy atom. The zero-order chi connectivity index (χ0) is 22.1. The number of aromatic hydroxyl groups is 1. The Morgan fingerprint density at radius 2 is 2.06 bits per heavy atom. The van der Waals surface area contributed by atoms with Crippen LogP contribution in [-0.2, 0) is 20.7 Å². The lowest BCUT2D eigenvalue weighted by molar-refractivity contribution is -0.115. The number of allylic oxidation sites excluding steroid dienone is 3. The third-order valence-electron chi connectivity index (χ3n) is 5.49. The van der Waals surface area contributed by atoms with E-state index in [0.29, 0.717) is 19.3 Å². The number of ether oxygens (including phenoxy) is 2. The lowest BCUT2D eigenvalue weighted by Crippen LogP contribution is -2.35. The summed E-state index contributed by atoms with van der Waals surface area (Å²) in [5.41, 5.74) is 0.977. The third kappa shape index (κ3) is 6.82. The monoisotopic (exact) mass is 425 g/mol. The van der Waals surface area contributed by atoms with Crippen molar-refractivity contribution in [1.29, 1.82) is 0 Å². The van der Waals surface area contributed by atoms with Crippen molar-refractivity contribution in [1.82, 2.24) is 5.32 Å². The second kappa shape index (κ2) is 11.5. The van der Waals surface area contributed by atoms with Gasteiger partial charge in [0.1, 0.15) is 17.4 Å². The molecule has 0 radical (unpaired) electrons. The number of benzene rings is 1. The van der Waals surface area contributed by atoms with Gasteiger partial charge in [-0.1, -0.05) is 43.4 Å². The fourth-order valence-corrected chi connectivity index (χ4v) is 4.01. The summed E-state index contributed by atoms with van der Waals surface area (Å²) >= 11 is 0. The van der Waals surface area contributed by atoms with Crippen molar-refractivity contribution < 1.29 is 24.2 Å². The largest absolute Gasteiger partial charge is 0.507 e. The van der Waals surface area contributed by atoms with Gasteiger partial charge in [0.15, 0.2) is 0 Å². The summed E-state index contributed by atoms with van der Waals surface area (Å²) < 4.78 is 12.0. The van der Waals surface area contributed by atoms with Gasteiger partial charge >= 0.3 is 5.97 Å². The van der Waals surface area contributed by atoms with Crippen LogP contribution in [0.25, 0.3) is 0 Å². The van der Waals surface area contributed by atoms with Gasteiger partial charge in [0.05, 0.1) is 12.2 Å². The van der Waals surface area contributed by atoms with Crippen molar-refractivity contribution in [3.05, 3.63) is 65.9 Å². The SMILES string of the molecule is CC/C=C\C=C/C(=O)N/C=C/C[C@H]1C[C@@H]2CCC[C@@H](Cc3cccc(O)c3C(=O)O1)O2. The molecule has 1 amide bonds. The Morgan fingerprint density at radius 3 is 2.90 bits per heavy atom. The Bertz CT molecular complexity index is 857. The molecule has 0 aliphatic carbocycles. The average molecular weight is 426 g/mol. The van der Waals surface area contributed by atoms with Crippen LogP contribution in [-0.4, -0.2) is 35.3 Å². The van der Waals surface area contributed by atoms with E-state index in [0.717, 1.165) is 31.2 Å². The van der Waals surface area contributed by atoms with Crippen molar-refractivity contribution in [2.75, 3.05) is 0 Å². The molecule has 0 spiro atoms. The van der Waals surface area contributed by atoms with Gasteiger partial charge in [-0.05, 0) is 43.7 Å². The highest BCUT2D eigenvalue weighted by molar-refractivity contribution is 5.94. The molecule has 166 valence electrons. The number of amides is 1. The molecule has 2 N–H and O–H groups in total. The fourth-order valence-electron chi connectivity index (χ4n) is 4.01. The minimum absolute atomic E-state index is 0.0340. The first-order valence-corrected chi connectivity index (χ1v) is 11.0. The molecule has 1 aromatic carbocycles. The Kier molecular flexibility index (Phi) is 8.47. The predicted octanol–water partition coefficient (Wildman–Crippen LogP) is 4.34. The van der Waals surface area contributed by atoms with E-state index in [1.54, 1.807) is 24.4 Å². The third-order valence-corrected chi connectivity index (χ3v) is 5.49. The smallest absolute Gasteiger partial charge is 0.342 e. The van der Waals surface area contributed by atoms with Gasteiger partial charge in [-0.15, -0.1) is 0 Å². The molecule has 1 aromatic rings. The molecule has 0 aromatic heterocycles. The van der Waals surface area contributed by atoms with Gasteiger partial charge < -0.3 is 19.9 Å². The number of fused-ring (bicyclic) bond motifs is 3. The van der Waals surface area contributed by atoms with E-state index in [-0.39, 0.29) is 29.4 Å². The molecular weight excluding hydrogens is 394 g/mol. The number of cyclic esters (lactones) is 1. The topological polar surface area (TPSA) is 84.9 Å². The van der Waals surface area contributed by atoms with Crippen molar-refractivity contribution in [3.8, 4) is 5.75 Å². The maximum absolute atomic E-state index is 12.9. The number of phenols is 1. The molecule has 31 heavy (non-hydrogen) atoms. The minimum atomic E-state index is -0.513. The van der Waals surface area contributed by atoms with Crippen LogP contribution in [0.1, 0.15) is 61.4 Å². The second-order valence-corrected chi connectivity index (χ2v) is 7.93. The fraction of sp³-hybridized carbons (Fsp3) is 0.440. The van der Waals surface area contributed by atoms with Crippen LogP contribution in [0.5, 0.6) is 5.75 Å². The van der Waals surface area contributed by atoms with E-state index in [1.807, 2.05) is 25.1 Å². The first-order chi connectivity index (χ1) is 15.1. The normalized spacial score (nSPS) is 24.3. The summed E-state index contributed by atoms with van der Waals surface area (Å²) in [6.07, 6.45) is 15.4. The molecule has 1 saturated heterocycles. The summed E-state index contributed by atoms with van der Waals surface area (Å²) in [6, 6.07) is 5.09. The maximum atomic E-state index is 12.9. The maximum Gasteiger partial charge on any atom is 0.342 e. The van der Waals surface area contributed by atoms with Crippen LogP contribution >= 0.6 is 0 Å². The number of nitrogens with one attached hydrogen (secondary N) is 1. The van der Waals surface area contributed by atoms with Crippen molar-refractivity contribution in [3.63, 3.8) is 0 Å². The Labute approximate surface area is 183 Å². The van der Waals surface area contributed by atoms with Gasteiger partial charge in [-0.25, -0.2) is 4.79 Å². The van der Waals surface area contributed by atoms with Gasteiger partial charge in [0.2, 0.25) is 5.91 Å². The number of rotatable bonds is 6. The van der Waals surface area contributed by atoms with E-state index >= 15 is 0 Å². The van der Waals surface area contributed by atoms with E-state index in [9.17, 15) is 14.7 Å². The van der Waals surface area contributed by atoms with Gasteiger partial charge in [-0.2, -0.15) is 0 Å². The number of carbonyl (C=O) groups excluding carboxylic acids is 2. The van der Waals surface area contributed by atoms with Crippen LogP contribution in [0, 0.1) is 0 Å². The predicted molar refractivity (Wildman–Crippen MR) is 119 cm³/mol. The first-order valence-electron chi connectivity index (χ1n) is 11.0. The molecular formula is C25H31NO5. The molecule has 6 nitrogen and oxygen atoms in total. The standard InChI is InChI=1S/C25H31NO5/c1-2-3-4-5-14-23(28)26-15-8-12-21-17-20-11-7-10-19(30-20)16-18-9-6-13-22(27)24(18)25(29)31-21/h3-6,8-9,13-15,19-21,27H,2,7,10-12,16-17H2,1H3,(H,26,28)/b4-3-,14-5-,15-8+/t19-,20-,21-/m0/s1. The van der Waals surface area contributed by atoms with Crippen LogP contribution in [0.2, 0.25) is 0 Å². The molecule has 2 bridgehead atoms. The number of hydrogen-bond donors (Lipinski definition) is 2. The zero-order valence-electron chi connectivity index (χ0n) is 18.0. The molecule has 1 fully saturated rings. The average Bonchev–Trinajstić information content (AvgIpc) is 2.74. The summed E-state index contributed by atoms with van der Waals surface area (Å²) in [6.45, 7) is 2.03. The summed E-state index contributed by atoms with van der Waals surface area (Å²) in [4.78, 5) is 24.6. The van der Waals surface area contributed by atoms with Crippen LogP contribution in [0.4, 0.5) is 0 Å². The van der Waals surface area contributed by atoms with E-state index in [4.69, 9.17) is 9.47 Å². The van der Waals surface area contributed by atoms with Gasteiger partial charge in [-0.3, -0.25) is 4.79 Å². The lowest BCUT2D eigenvalue weighted by atomic mass is 9.92. The Hall–Kier alpha value is -2.86. The highest BCUT2D eigenvalue weighted by Crippen LogP contribution is 2.31. The zero-order valence-corrected chi connectivity index (χ0v) is 18.0. The Balaban J connectivity index is 1.67. The van der Waals surface area contributed by atoms with Crippen molar-refractivity contribution >= 4 is 11.9 Å². The highest BCUT2D eigenvalue weighted by Gasteiger charge is 2.31. The molecule has 3 rings (SSSR count). The number of esters is 1. The van der Waals surface area contributed by atoms with Crippen molar-refractivity contribution in [2.24, 2.45) is 0 Å². The van der Waals surface area contributed by atoms with Crippen LogP contribution in [0.3, 0.4) is 0 Å². The first kappa shape index (κ1) is 22.8. The van der Waals surface area contributed by atoms with E-state index < -0.39 is 12.1 Å². The molecule has 3 atom stereocenters. The number of hydrogen-bond acceptors (Lipinski definition) is 5. The van der Waals surface area contributed by atoms with E-state index in [2.05, 4.69) is 5.32 Å². The lowest BCUT2D eigenvalue weighted by Gasteiger charge is -2.33. The van der Waals surface area contributed by atoms with Gasteiger partial charge in [0, 0.05) is 25.1 Å². The molecule has 2 aliphatic rings. The summed E-state index contributed by atoms with van der Waals surface area (Å²) in [5.74, 6) is -0.806. The molecule has 2 aliphatic heterocycles. The summed E-state index contributed by atoms with van der Waals surface area (Å²) in [5, 5.41) is 13.0. The minimum Gasteiger partial charge on any atom is -0.507 e. The van der Waals surface area contributed by atoms with Crippen molar-refractivity contribution in [2.45, 2.75) is 70.2 Å². The van der Waals surface area contributed by atoms with Crippen LogP contribution in [0.15, 0.2) is 54.8 Å². The second-order valence-electron chi connectivity index (χ2n) is 7.93. The molecule has 0 unspecified atom stereocenters. The molecule has 2 heterocycles. The quantitative estimate of drug-likeness (QED) is 0.402. The summed E-state index contributed by atoms with van der Waals surface area (Å²) in [7, 11) is 0.